The molecule has 2 rings (SSSR count). The fourth-order valence-corrected chi connectivity index (χ4v) is 3.07. The number of aromatic nitrogens is 2. The number of halogens is 1. The average Bonchev–Trinajstić information content (AvgIpc) is 3.12. The number of nitrogens with one attached hydrogen (secondary N) is 2. The van der Waals surface area contributed by atoms with Crippen LogP contribution in [-0.2, 0) is 11.3 Å². The van der Waals surface area contributed by atoms with Crippen LogP contribution >= 0.6 is 24.0 Å². The number of hydrogen-bond donors (Lipinski definition) is 2. The summed E-state index contributed by atoms with van der Waals surface area (Å²) in [7, 11) is 0. The Labute approximate surface area is 174 Å². The van der Waals surface area contributed by atoms with E-state index >= 15 is 0 Å². The summed E-state index contributed by atoms with van der Waals surface area (Å²) in [5.74, 6) is 1.14. The van der Waals surface area contributed by atoms with Crippen LogP contribution in [-0.4, -0.2) is 59.3 Å². The van der Waals surface area contributed by atoms with Crippen LogP contribution in [0.2, 0.25) is 0 Å². The number of guanidine groups is 1. The topological polar surface area (TPSA) is 74.6 Å². The molecule has 1 aliphatic rings. The van der Waals surface area contributed by atoms with Crippen molar-refractivity contribution < 1.29 is 4.79 Å². The van der Waals surface area contributed by atoms with Gasteiger partial charge in [0.25, 0.3) is 0 Å². The molecule has 1 saturated heterocycles. The molecule has 0 saturated carbocycles. The van der Waals surface area contributed by atoms with Crippen molar-refractivity contribution in [2.75, 3.05) is 32.7 Å². The summed E-state index contributed by atoms with van der Waals surface area (Å²) in [5.41, 5.74) is 2.27. The number of likely N-dealkylation sites (tertiary alicyclic amines) is 1. The average molecular weight is 476 g/mol. The predicted octanol–water partition coefficient (Wildman–Crippen LogP) is 2.08. The zero-order chi connectivity index (χ0) is 18.1. The SMILES string of the molecule is CCNC(=NCCCN1CCCC1=O)NCCCn1nc(C)cc1C.I. The maximum atomic E-state index is 11.6. The second-order valence-corrected chi connectivity index (χ2v) is 6.53. The molecule has 7 nitrogen and oxygen atoms in total. The van der Waals surface area contributed by atoms with Crippen LogP contribution in [0.25, 0.3) is 0 Å². The Hall–Kier alpha value is -1.32. The summed E-state index contributed by atoms with van der Waals surface area (Å²) >= 11 is 0. The number of rotatable bonds is 9. The lowest BCUT2D eigenvalue weighted by Crippen LogP contribution is -2.38. The van der Waals surface area contributed by atoms with Crippen LogP contribution < -0.4 is 10.6 Å². The van der Waals surface area contributed by atoms with Crippen molar-refractivity contribution in [2.24, 2.45) is 4.99 Å². The molecule has 1 amide bonds. The van der Waals surface area contributed by atoms with Gasteiger partial charge in [0.15, 0.2) is 5.96 Å². The maximum absolute atomic E-state index is 11.6. The number of carbonyl (C=O) groups excluding carboxylic acids is 1. The van der Waals surface area contributed by atoms with Crippen LogP contribution in [0, 0.1) is 13.8 Å². The molecular formula is C18H33IN6O. The van der Waals surface area contributed by atoms with E-state index in [1.165, 1.54) is 5.69 Å². The van der Waals surface area contributed by atoms with E-state index in [2.05, 4.69) is 40.6 Å². The third-order valence-corrected chi connectivity index (χ3v) is 4.31. The van der Waals surface area contributed by atoms with E-state index in [1.807, 2.05) is 16.5 Å². The van der Waals surface area contributed by atoms with Gasteiger partial charge in [-0.15, -0.1) is 24.0 Å². The van der Waals surface area contributed by atoms with Gasteiger partial charge in [0.1, 0.15) is 0 Å². The number of nitrogens with zero attached hydrogens (tertiary/aromatic N) is 4. The van der Waals surface area contributed by atoms with Gasteiger partial charge in [0.05, 0.1) is 5.69 Å². The number of amides is 1. The number of carbonyl (C=O) groups is 1. The summed E-state index contributed by atoms with van der Waals surface area (Å²) in [6.45, 7) is 11.2. The van der Waals surface area contributed by atoms with Crippen molar-refractivity contribution in [3.8, 4) is 0 Å². The molecule has 2 N–H and O–H groups in total. The minimum Gasteiger partial charge on any atom is -0.357 e. The fraction of sp³-hybridized carbons (Fsp3) is 0.722. The molecule has 1 aromatic rings. The molecule has 1 fully saturated rings. The Morgan fingerprint density at radius 3 is 2.69 bits per heavy atom. The fourth-order valence-electron chi connectivity index (χ4n) is 3.07. The number of aliphatic imine (C=N–C) groups is 1. The molecule has 148 valence electrons. The van der Waals surface area contributed by atoms with E-state index in [1.54, 1.807) is 0 Å². The Morgan fingerprint density at radius 1 is 1.27 bits per heavy atom. The molecule has 0 unspecified atom stereocenters. The smallest absolute Gasteiger partial charge is 0.222 e. The first-order chi connectivity index (χ1) is 12.1. The van der Waals surface area contributed by atoms with Crippen molar-refractivity contribution in [1.29, 1.82) is 0 Å². The molecule has 0 spiro atoms. The van der Waals surface area contributed by atoms with Crippen molar-refractivity contribution in [2.45, 2.75) is 53.0 Å². The van der Waals surface area contributed by atoms with E-state index < -0.39 is 0 Å². The molecule has 0 atom stereocenters. The first kappa shape index (κ1) is 22.7. The Kier molecular flexibility index (Phi) is 10.6. The molecule has 8 heteroatoms. The molecule has 0 bridgehead atoms. The van der Waals surface area contributed by atoms with Crippen LogP contribution in [0.1, 0.15) is 44.0 Å². The largest absolute Gasteiger partial charge is 0.357 e. The molecule has 0 aromatic carbocycles. The quantitative estimate of drug-likeness (QED) is 0.248. The van der Waals surface area contributed by atoms with E-state index in [0.717, 1.165) is 70.2 Å². The highest BCUT2D eigenvalue weighted by molar-refractivity contribution is 14.0. The van der Waals surface area contributed by atoms with Crippen LogP contribution in [0.4, 0.5) is 0 Å². The standard InChI is InChI=1S/C18H32N6O.HI/c1-4-19-18(20-9-6-12-23-11-5-8-17(23)25)21-10-7-13-24-16(3)14-15(2)22-24;/h14H,4-13H2,1-3H3,(H2,19,20,21);1H. The van der Waals surface area contributed by atoms with Gasteiger partial charge in [-0.05, 0) is 46.1 Å². The Balaban J connectivity index is 0.00000338. The van der Waals surface area contributed by atoms with Gasteiger partial charge in [0, 0.05) is 51.4 Å². The highest BCUT2D eigenvalue weighted by atomic mass is 127. The first-order valence-corrected chi connectivity index (χ1v) is 9.41. The minimum absolute atomic E-state index is 0. The summed E-state index contributed by atoms with van der Waals surface area (Å²) in [6.07, 6.45) is 3.62. The molecule has 0 radical (unpaired) electrons. The second-order valence-electron chi connectivity index (χ2n) is 6.53. The van der Waals surface area contributed by atoms with Gasteiger partial charge < -0.3 is 15.5 Å². The molecule has 1 aliphatic heterocycles. The van der Waals surface area contributed by atoms with Crippen molar-refractivity contribution in [1.82, 2.24) is 25.3 Å². The lowest BCUT2D eigenvalue weighted by molar-refractivity contribution is -0.127. The van der Waals surface area contributed by atoms with E-state index in [9.17, 15) is 4.79 Å². The van der Waals surface area contributed by atoms with Crippen LogP contribution in [0.15, 0.2) is 11.1 Å². The van der Waals surface area contributed by atoms with Gasteiger partial charge in [-0.25, -0.2) is 0 Å². The molecule has 0 aliphatic carbocycles. The maximum Gasteiger partial charge on any atom is 0.222 e. The molecular weight excluding hydrogens is 443 g/mol. The number of aryl methyl sites for hydroxylation is 3. The lowest BCUT2D eigenvalue weighted by atomic mass is 10.4. The van der Waals surface area contributed by atoms with Gasteiger partial charge in [-0.1, -0.05) is 0 Å². The van der Waals surface area contributed by atoms with Gasteiger partial charge in [-0.2, -0.15) is 5.10 Å². The Bertz CT molecular complexity index is 586. The third-order valence-electron chi connectivity index (χ3n) is 4.31. The van der Waals surface area contributed by atoms with E-state index in [4.69, 9.17) is 0 Å². The summed E-state index contributed by atoms with van der Waals surface area (Å²) < 4.78 is 2.05. The molecule has 26 heavy (non-hydrogen) atoms. The monoisotopic (exact) mass is 476 g/mol. The highest BCUT2D eigenvalue weighted by Crippen LogP contribution is 2.09. The van der Waals surface area contributed by atoms with Crippen LogP contribution in [0.3, 0.4) is 0 Å². The Morgan fingerprint density at radius 2 is 2.08 bits per heavy atom. The highest BCUT2D eigenvalue weighted by Gasteiger charge is 2.18. The van der Waals surface area contributed by atoms with Crippen LogP contribution in [0.5, 0.6) is 0 Å². The summed E-state index contributed by atoms with van der Waals surface area (Å²) in [6, 6.07) is 2.10. The van der Waals surface area contributed by atoms with Crippen molar-refractivity contribution in [3.63, 3.8) is 0 Å². The van der Waals surface area contributed by atoms with Gasteiger partial charge >= 0.3 is 0 Å². The lowest BCUT2D eigenvalue weighted by Gasteiger charge is -2.15. The minimum atomic E-state index is 0. The van der Waals surface area contributed by atoms with E-state index in [-0.39, 0.29) is 29.9 Å². The summed E-state index contributed by atoms with van der Waals surface area (Å²) in [4.78, 5) is 18.1. The zero-order valence-corrected chi connectivity index (χ0v) is 18.6. The normalized spacial score (nSPS) is 14.5. The second kappa shape index (κ2) is 12.1. The predicted molar refractivity (Wildman–Crippen MR) is 116 cm³/mol. The summed E-state index contributed by atoms with van der Waals surface area (Å²) in [5, 5.41) is 11.1. The first-order valence-electron chi connectivity index (χ1n) is 9.41. The zero-order valence-electron chi connectivity index (χ0n) is 16.3. The molecule has 1 aromatic heterocycles. The van der Waals surface area contributed by atoms with E-state index in [0.29, 0.717) is 6.42 Å². The van der Waals surface area contributed by atoms with Gasteiger partial charge in [-0.3, -0.25) is 14.5 Å². The third kappa shape index (κ3) is 7.51. The van der Waals surface area contributed by atoms with Crippen molar-refractivity contribution >= 4 is 35.8 Å². The number of hydrogen-bond acceptors (Lipinski definition) is 3. The van der Waals surface area contributed by atoms with Gasteiger partial charge in [0.2, 0.25) is 5.91 Å². The molecule has 2 heterocycles. The van der Waals surface area contributed by atoms with Crippen molar-refractivity contribution in [3.05, 3.63) is 17.5 Å².